The van der Waals surface area contributed by atoms with Crippen molar-refractivity contribution in [3.8, 4) is 0 Å². The number of aryl methyl sites for hydroxylation is 1. The Labute approximate surface area is 211 Å². The first-order valence-electron chi connectivity index (χ1n) is 13.8. The van der Waals surface area contributed by atoms with Gasteiger partial charge in [-0.25, -0.2) is 8.42 Å². The minimum absolute atomic E-state index is 0.218. The molecule has 194 valence electrons. The molecule has 5 atom stereocenters. The molecule has 4 aliphatic rings. The van der Waals surface area contributed by atoms with Crippen molar-refractivity contribution in [1.82, 2.24) is 9.21 Å². The number of piperidine rings is 2. The number of amides is 1. The summed E-state index contributed by atoms with van der Waals surface area (Å²) in [5, 5.41) is 11.2. The highest BCUT2D eigenvalue weighted by atomic mass is 32.2. The highest BCUT2D eigenvalue weighted by molar-refractivity contribution is 7.89. The summed E-state index contributed by atoms with van der Waals surface area (Å²) in [5.41, 5.74) is 0.797. The zero-order valence-electron chi connectivity index (χ0n) is 21.2. The fraction of sp³-hybridized carbons (Fsp3) is 0.750. The molecule has 1 aromatic rings. The van der Waals surface area contributed by atoms with Gasteiger partial charge < -0.3 is 10.0 Å². The van der Waals surface area contributed by atoms with Crippen LogP contribution >= 0.6 is 0 Å². The number of benzene rings is 1. The van der Waals surface area contributed by atoms with Crippen LogP contribution in [0.1, 0.15) is 82.6 Å². The zero-order chi connectivity index (χ0) is 24.6. The Bertz CT molecular complexity index is 1010. The van der Waals surface area contributed by atoms with E-state index in [0.29, 0.717) is 43.2 Å². The lowest BCUT2D eigenvalue weighted by atomic mass is 9.55. The number of hydrogen-bond donors (Lipinski definition) is 1. The van der Waals surface area contributed by atoms with E-state index in [2.05, 4.69) is 0 Å². The van der Waals surface area contributed by atoms with Gasteiger partial charge in [0.15, 0.2) is 0 Å². The maximum atomic E-state index is 13.9. The van der Waals surface area contributed by atoms with Gasteiger partial charge in [0.2, 0.25) is 15.9 Å². The third kappa shape index (κ3) is 4.93. The second-order valence-electron chi connectivity index (χ2n) is 11.8. The van der Waals surface area contributed by atoms with Crippen molar-refractivity contribution in [3.63, 3.8) is 0 Å². The molecule has 0 aromatic heterocycles. The number of nitrogens with zero attached hydrogens (tertiary/aromatic N) is 2. The minimum atomic E-state index is -3.75. The molecule has 1 N–H and O–H groups in total. The number of aliphatic hydroxyl groups is 1. The van der Waals surface area contributed by atoms with Gasteiger partial charge in [-0.15, -0.1) is 0 Å². The Morgan fingerprint density at radius 1 is 0.914 bits per heavy atom. The van der Waals surface area contributed by atoms with E-state index in [1.165, 1.54) is 32.1 Å². The van der Waals surface area contributed by atoms with Gasteiger partial charge in [-0.05, 0) is 56.6 Å². The van der Waals surface area contributed by atoms with Gasteiger partial charge in [-0.1, -0.05) is 62.6 Å². The van der Waals surface area contributed by atoms with E-state index in [1.54, 1.807) is 16.4 Å². The molecular weight excluding hydrogens is 460 g/mol. The predicted octanol–water partition coefficient (Wildman–Crippen LogP) is 4.50. The topological polar surface area (TPSA) is 77.9 Å². The molecule has 1 saturated carbocycles. The van der Waals surface area contributed by atoms with E-state index in [0.717, 1.165) is 37.8 Å². The standard InChI is InChI=1S/C28H42N2O4S/c1-21-11-13-23(14-12-21)35(33,34)30-20-28-15-9-7-5-3-2-4-6-8-10-27(32)29(19-28)18-22-16-26(31)25(30)17-24(22)28/h11-14,22,24-26,31H,2-10,15-20H2,1H3/t22-,24-,25+,26+,28-/m1/s1. The van der Waals surface area contributed by atoms with E-state index in [-0.39, 0.29) is 23.3 Å². The second kappa shape index (κ2) is 10.1. The van der Waals surface area contributed by atoms with Crippen molar-refractivity contribution in [2.24, 2.45) is 17.3 Å². The van der Waals surface area contributed by atoms with Gasteiger partial charge in [0.1, 0.15) is 0 Å². The Kier molecular flexibility index (Phi) is 7.30. The smallest absolute Gasteiger partial charge is 0.243 e. The Balaban J connectivity index is 1.50. The minimum Gasteiger partial charge on any atom is -0.391 e. The molecule has 0 unspecified atom stereocenters. The molecule has 0 radical (unpaired) electrons. The maximum absolute atomic E-state index is 13.9. The van der Waals surface area contributed by atoms with E-state index < -0.39 is 16.1 Å². The molecule has 1 amide bonds. The summed E-state index contributed by atoms with van der Waals surface area (Å²) in [6.45, 7) is 3.75. The SMILES string of the molecule is Cc1ccc(S(=O)(=O)N2C[C@]34CCCCCCCCCCC(=O)N(C[C@H]5C[C@H](O)[C@@H]2C[C@H]53)C4)cc1. The van der Waals surface area contributed by atoms with Crippen LogP contribution in [0.5, 0.6) is 0 Å². The average molecular weight is 503 g/mol. The first kappa shape index (κ1) is 25.2. The molecule has 3 saturated heterocycles. The predicted molar refractivity (Wildman–Crippen MR) is 136 cm³/mol. The number of carbonyl (C=O) groups is 1. The molecule has 6 nitrogen and oxygen atoms in total. The number of aliphatic hydroxyl groups excluding tert-OH is 1. The van der Waals surface area contributed by atoms with Gasteiger partial charge in [0.05, 0.1) is 17.0 Å². The van der Waals surface area contributed by atoms with Crippen LogP contribution in [0.15, 0.2) is 29.2 Å². The molecule has 4 bridgehead atoms. The monoisotopic (exact) mass is 502 g/mol. The third-order valence-corrected chi connectivity index (χ3v) is 11.3. The summed E-state index contributed by atoms with van der Waals surface area (Å²) in [6, 6.07) is 6.69. The van der Waals surface area contributed by atoms with E-state index in [1.807, 2.05) is 24.0 Å². The molecule has 4 fully saturated rings. The van der Waals surface area contributed by atoms with Crippen LogP contribution < -0.4 is 0 Å². The van der Waals surface area contributed by atoms with Gasteiger partial charge in [0, 0.05) is 31.5 Å². The summed E-state index contributed by atoms with van der Waals surface area (Å²) in [4.78, 5) is 15.6. The zero-order valence-corrected chi connectivity index (χ0v) is 22.0. The lowest BCUT2D eigenvalue weighted by Crippen LogP contribution is -2.69. The molecule has 1 aromatic carbocycles. The van der Waals surface area contributed by atoms with Crippen LogP contribution in [-0.4, -0.2) is 60.4 Å². The molecule has 5 rings (SSSR count). The van der Waals surface area contributed by atoms with Gasteiger partial charge in [-0.2, -0.15) is 4.31 Å². The summed E-state index contributed by atoms with van der Waals surface area (Å²) in [5.74, 6) is 0.850. The number of fused-ring (bicyclic) bond motifs is 2. The van der Waals surface area contributed by atoms with Gasteiger partial charge in [0.25, 0.3) is 0 Å². The van der Waals surface area contributed by atoms with Crippen LogP contribution in [0.3, 0.4) is 0 Å². The van der Waals surface area contributed by atoms with Crippen LogP contribution in [0, 0.1) is 24.2 Å². The number of hydrogen-bond acceptors (Lipinski definition) is 4. The lowest BCUT2D eigenvalue weighted by molar-refractivity contribution is -0.159. The third-order valence-electron chi connectivity index (χ3n) is 9.44. The summed E-state index contributed by atoms with van der Waals surface area (Å²) in [7, 11) is -3.75. The molecule has 7 heteroatoms. The van der Waals surface area contributed by atoms with Crippen molar-refractivity contribution < 1.29 is 18.3 Å². The van der Waals surface area contributed by atoms with Gasteiger partial charge in [-0.3, -0.25) is 4.79 Å². The van der Waals surface area contributed by atoms with Crippen LogP contribution in [0.2, 0.25) is 0 Å². The quantitative estimate of drug-likeness (QED) is 0.646. The number of carbonyl (C=O) groups excluding carboxylic acids is 1. The van der Waals surface area contributed by atoms with Crippen molar-refractivity contribution in [3.05, 3.63) is 29.8 Å². The summed E-state index contributed by atoms with van der Waals surface area (Å²) in [6.07, 6.45) is 11.4. The Morgan fingerprint density at radius 3 is 2.29 bits per heavy atom. The molecule has 3 aliphatic heterocycles. The number of sulfonamides is 1. The van der Waals surface area contributed by atoms with Crippen molar-refractivity contribution in [2.75, 3.05) is 19.6 Å². The fourth-order valence-electron chi connectivity index (χ4n) is 7.56. The maximum Gasteiger partial charge on any atom is 0.243 e. The molecule has 1 spiro atoms. The van der Waals surface area contributed by atoms with Crippen LogP contribution in [0.4, 0.5) is 0 Å². The lowest BCUT2D eigenvalue weighted by Gasteiger charge is -2.62. The van der Waals surface area contributed by atoms with Crippen molar-refractivity contribution >= 4 is 15.9 Å². The largest absolute Gasteiger partial charge is 0.391 e. The first-order chi connectivity index (χ1) is 16.8. The highest BCUT2D eigenvalue weighted by Gasteiger charge is 2.59. The van der Waals surface area contributed by atoms with E-state index in [9.17, 15) is 18.3 Å². The average Bonchev–Trinajstić information content (AvgIpc) is 2.84. The van der Waals surface area contributed by atoms with Crippen molar-refractivity contribution in [2.45, 2.75) is 101 Å². The van der Waals surface area contributed by atoms with E-state index >= 15 is 0 Å². The summed E-state index contributed by atoms with van der Waals surface area (Å²) >= 11 is 0. The van der Waals surface area contributed by atoms with Gasteiger partial charge >= 0.3 is 0 Å². The van der Waals surface area contributed by atoms with E-state index in [4.69, 9.17) is 0 Å². The van der Waals surface area contributed by atoms with Crippen LogP contribution in [0.25, 0.3) is 0 Å². The molecule has 1 aliphatic carbocycles. The second-order valence-corrected chi connectivity index (χ2v) is 13.7. The highest BCUT2D eigenvalue weighted by Crippen LogP contribution is 2.55. The normalized spacial score (nSPS) is 35.4. The Morgan fingerprint density at radius 2 is 1.57 bits per heavy atom. The first-order valence-corrected chi connectivity index (χ1v) is 15.3. The van der Waals surface area contributed by atoms with Crippen molar-refractivity contribution in [1.29, 1.82) is 0 Å². The molecule has 35 heavy (non-hydrogen) atoms. The molecular formula is C28H42N2O4S. The fourth-order valence-corrected chi connectivity index (χ4v) is 9.32. The van der Waals surface area contributed by atoms with Crippen LogP contribution in [-0.2, 0) is 14.8 Å². The Hall–Kier alpha value is -1.44. The summed E-state index contributed by atoms with van der Waals surface area (Å²) < 4.78 is 29.5. The number of rotatable bonds is 2. The molecule has 3 heterocycles.